The zero-order valence-corrected chi connectivity index (χ0v) is 27.5. The predicted octanol–water partition coefficient (Wildman–Crippen LogP) is 13.6. The zero-order chi connectivity index (χ0) is 32.1. The molecule has 4 nitrogen and oxygen atoms in total. The molecular weight excluding hydrogens is 641 g/mol. The van der Waals surface area contributed by atoms with E-state index in [0.717, 1.165) is 77.0 Å². The van der Waals surface area contributed by atoms with Gasteiger partial charge in [0, 0.05) is 64.3 Å². The Bertz CT molecular complexity index is 2960. The Morgan fingerprint density at radius 1 is 0.408 bits per heavy atom. The van der Waals surface area contributed by atoms with Crippen LogP contribution in [0.5, 0.6) is 0 Å². The van der Waals surface area contributed by atoms with Gasteiger partial charge in [-0.1, -0.05) is 72.8 Å². The van der Waals surface area contributed by atoms with Crippen molar-refractivity contribution < 1.29 is 8.83 Å². The summed E-state index contributed by atoms with van der Waals surface area (Å²) in [6.07, 6.45) is 0. The van der Waals surface area contributed by atoms with Crippen LogP contribution in [0.2, 0.25) is 0 Å². The van der Waals surface area contributed by atoms with Crippen LogP contribution in [0.1, 0.15) is 0 Å². The molecular formula is C43H24N2O2S2. The van der Waals surface area contributed by atoms with Crippen LogP contribution in [0, 0.1) is 0 Å². The van der Waals surface area contributed by atoms with E-state index in [1.165, 1.54) is 24.9 Å². The quantitative estimate of drug-likeness (QED) is 0.188. The molecule has 0 spiro atoms. The second-order valence-electron chi connectivity index (χ2n) is 12.4. The largest absolute Gasteiger partial charge is 0.456 e. The summed E-state index contributed by atoms with van der Waals surface area (Å²) in [6.45, 7) is 0. The van der Waals surface area contributed by atoms with Crippen LogP contribution in [0.15, 0.2) is 154 Å². The molecule has 0 aliphatic carbocycles. The van der Waals surface area contributed by atoms with Crippen LogP contribution in [0.25, 0.3) is 84.8 Å². The van der Waals surface area contributed by atoms with E-state index in [1.54, 1.807) is 11.3 Å². The van der Waals surface area contributed by atoms with Crippen LogP contribution in [-0.2, 0) is 0 Å². The summed E-state index contributed by atoms with van der Waals surface area (Å²) >= 11 is 3.59. The highest BCUT2D eigenvalue weighted by molar-refractivity contribution is 7.26. The second-order valence-corrected chi connectivity index (χ2v) is 14.5. The van der Waals surface area contributed by atoms with Crippen molar-refractivity contribution in [3.8, 4) is 10.6 Å². The summed E-state index contributed by atoms with van der Waals surface area (Å²) in [6, 6.07) is 51.3. The number of hydrogen-bond acceptors (Lipinski definition) is 6. The molecule has 0 unspecified atom stereocenters. The monoisotopic (exact) mass is 664 g/mol. The summed E-state index contributed by atoms with van der Waals surface area (Å²) in [5.74, 6) is 0. The number of para-hydroxylation sites is 2. The molecule has 7 aromatic carbocycles. The maximum absolute atomic E-state index is 6.21. The number of fused-ring (bicyclic) bond motifs is 10. The summed E-state index contributed by atoms with van der Waals surface area (Å²) < 4.78 is 16.1. The van der Waals surface area contributed by atoms with Gasteiger partial charge in [0.05, 0.1) is 10.2 Å². The molecule has 0 aliphatic heterocycles. The Hall–Kier alpha value is -5.95. The highest BCUT2D eigenvalue weighted by Crippen LogP contribution is 2.45. The van der Waals surface area contributed by atoms with Crippen molar-refractivity contribution in [1.82, 2.24) is 4.98 Å². The number of furan rings is 2. The standard InChI is InChI=1S/C43H24N2O2S2/c1-2-8-25(9-3-1)43-44-35-23-34-31-17-14-28(22-40(31)48-41(34)24-42(35)49-43)45(26-15-18-38-32(20-26)29-10-4-6-12-36(29)46-38)27-16-19-39-33(21-27)30-11-5-7-13-37(30)47-39/h1-24H. The first-order valence-electron chi connectivity index (χ1n) is 16.2. The first-order chi connectivity index (χ1) is 24.2. The zero-order valence-electron chi connectivity index (χ0n) is 25.9. The lowest BCUT2D eigenvalue weighted by Gasteiger charge is -2.25. The number of anilines is 3. The van der Waals surface area contributed by atoms with Gasteiger partial charge in [-0.3, -0.25) is 0 Å². The highest BCUT2D eigenvalue weighted by Gasteiger charge is 2.19. The van der Waals surface area contributed by atoms with Gasteiger partial charge in [-0.2, -0.15) is 0 Å². The molecule has 0 aliphatic rings. The van der Waals surface area contributed by atoms with Crippen molar-refractivity contribution in [3.05, 3.63) is 146 Å². The van der Waals surface area contributed by atoms with Gasteiger partial charge in [0.25, 0.3) is 0 Å². The van der Waals surface area contributed by atoms with Crippen molar-refractivity contribution in [2.24, 2.45) is 0 Å². The van der Waals surface area contributed by atoms with Gasteiger partial charge in [0.2, 0.25) is 0 Å². The fraction of sp³-hybridized carbons (Fsp3) is 0. The Morgan fingerprint density at radius 3 is 1.67 bits per heavy atom. The minimum absolute atomic E-state index is 0.880. The van der Waals surface area contributed by atoms with Crippen LogP contribution in [0.3, 0.4) is 0 Å². The molecule has 4 aromatic heterocycles. The van der Waals surface area contributed by atoms with Gasteiger partial charge < -0.3 is 13.7 Å². The Labute approximate surface area is 287 Å². The molecule has 49 heavy (non-hydrogen) atoms. The molecule has 6 heteroatoms. The molecule has 0 saturated carbocycles. The third-order valence-electron chi connectivity index (χ3n) is 9.48. The lowest BCUT2D eigenvalue weighted by molar-refractivity contribution is 0.668. The number of thiophene rings is 1. The van der Waals surface area contributed by atoms with E-state index in [-0.39, 0.29) is 0 Å². The van der Waals surface area contributed by atoms with E-state index < -0.39 is 0 Å². The summed E-state index contributed by atoms with van der Waals surface area (Å²) in [7, 11) is 0. The molecule has 4 heterocycles. The summed E-state index contributed by atoms with van der Waals surface area (Å²) in [4.78, 5) is 7.37. The molecule has 0 N–H and O–H groups in total. The maximum atomic E-state index is 6.21. The van der Waals surface area contributed by atoms with Crippen molar-refractivity contribution in [2.75, 3.05) is 4.90 Å². The average molecular weight is 665 g/mol. The number of rotatable bonds is 4. The van der Waals surface area contributed by atoms with Gasteiger partial charge in [-0.05, 0) is 72.8 Å². The minimum atomic E-state index is 0.880. The van der Waals surface area contributed by atoms with Gasteiger partial charge in [-0.25, -0.2) is 4.98 Å². The lowest BCUT2D eigenvalue weighted by atomic mass is 10.1. The van der Waals surface area contributed by atoms with Gasteiger partial charge in [-0.15, -0.1) is 22.7 Å². The number of benzene rings is 7. The Balaban J connectivity index is 1.10. The third kappa shape index (κ3) is 4.18. The normalized spacial score (nSPS) is 12.1. The van der Waals surface area contributed by atoms with Crippen molar-refractivity contribution >= 4 is 114 Å². The lowest BCUT2D eigenvalue weighted by Crippen LogP contribution is -2.09. The molecule has 230 valence electrons. The molecule has 0 amide bonds. The molecule has 0 fully saturated rings. The van der Waals surface area contributed by atoms with E-state index in [0.29, 0.717) is 0 Å². The fourth-order valence-corrected chi connectivity index (χ4v) is 9.41. The van der Waals surface area contributed by atoms with Crippen LogP contribution < -0.4 is 4.90 Å². The number of aromatic nitrogens is 1. The first-order valence-corrected chi connectivity index (χ1v) is 17.8. The average Bonchev–Trinajstić information content (AvgIpc) is 3.92. The molecule has 11 aromatic rings. The summed E-state index contributed by atoms with van der Waals surface area (Å²) in [5.41, 5.74) is 8.96. The van der Waals surface area contributed by atoms with E-state index >= 15 is 0 Å². The van der Waals surface area contributed by atoms with E-state index in [9.17, 15) is 0 Å². The van der Waals surface area contributed by atoms with Crippen LogP contribution in [0.4, 0.5) is 17.1 Å². The number of hydrogen-bond donors (Lipinski definition) is 0. The van der Waals surface area contributed by atoms with E-state index in [4.69, 9.17) is 13.8 Å². The molecule has 0 atom stereocenters. The van der Waals surface area contributed by atoms with Crippen LogP contribution in [-0.4, -0.2) is 4.98 Å². The van der Waals surface area contributed by atoms with Crippen molar-refractivity contribution in [2.45, 2.75) is 0 Å². The first kappa shape index (κ1) is 27.0. The van der Waals surface area contributed by atoms with Crippen LogP contribution >= 0.6 is 22.7 Å². The van der Waals surface area contributed by atoms with Gasteiger partial charge in [0.1, 0.15) is 27.3 Å². The molecule has 0 saturated heterocycles. The maximum Gasteiger partial charge on any atom is 0.135 e. The van der Waals surface area contributed by atoms with E-state index in [1.807, 2.05) is 41.7 Å². The second kappa shape index (κ2) is 10.3. The topological polar surface area (TPSA) is 42.4 Å². The minimum Gasteiger partial charge on any atom is -0.456 e. The third-order valence-corrected chi connectivity index (χ3v) is 11.7. The number of thiazole rings is 1. The molecule has 0 radical (unpaired) electrons. The Kier molecular flexibility index (Phi) is 5.67. The van der Waals surface area contributed by atoms with Crippen molar-refractivity contribution in [1.29, 1.82) is 0 Å². The molecule has 11 rings (SSSR count). The van der Waals surface area contributed by atoms with Gasteiger partial charge in [0.15, 0.2) is 0 Å². The van der Waals surface area contributed by atoms with Gasteiger partial charge >= 0.3 is 0 Å². The fourth-order valence-electron chi connectivity index (χ4n) is 7.18. The SMILES string of the molecule is c1ccc(-c2nc3cc4c(cc3s2)sc2cc(N(c3ccc5oc6ccccc6c5c3)c3ccc5oc6ccccc6c5c3)ccc24)cc1. The Morgan fingerprint density at radius 2 is 0.980 bits per heavy atom. The predicted molar refractivity (Wildman–Crippen MR) is 207 cm³/mol. The number of nitrogens with zero attached hydrogens (tertiary/aromatic N) is 2. The van der Waals surface area contributed by atoms with E-state index in [2.05, 4.69) is 120 Å². The highest BCUT2D eigenvalue weighted by atomic mass is 32.1. The molecule has 0 bridgehead atoms. The smallest absolute Gasteiger partial charge is 0.135 e. The van der Waals surface area contributed by atoms with Crippen molar-refractivity contribution in [3.63, 3.8) is 0 Å². The summed E-state index contributed by atoms with van der Waals surface area (Å²) in [5, 5.41) is 7.96.